The third kappa shape index (κ3) is 1.95. The fraction of sp³-hybridized carbons (Fsp3) is 0.0769. The van der Waals surface area contributed by atoms with Gasteiger partial charge in [0.25, 0.3) is 0 Å². The average Bonchev–Trinajstić information content (AvgIpc) is 2.70. The van der Waals surface area contributed by atoms with Gasteiger partial charge >= 0.3 is 0 Å². The number of carbonyl (C=O) groups excluding carboxylic acids is 2. The van der Waals surface area contributed by atoms with Crippen LogP contribution in [0.15, 0.2) is 30.5 Å². The number of aldehydes is 1. The Morgan fingerprint density at radius 3 is 2.39 bits per heavy atom. The number of hydrogen-bond donors (Lipinski definition) is 0. The van der Waals surface area contributed by atoms with Crippen LogP contribution in [0, 0.1) is 11.6 Å². The molecule has 0 aliphatic carbocycles. The van der Waals surface area contributed by atoms with Gasteiger partial charge < -0.3 is 4.57 Å². The highest BCUT2D eigenvalue weighted by Gasteiger charge is 2.20. The molecule has 0 radical (unpaired) electrons. The van der Waals surface area contributed by atoms with E-state index in [4.69, 9.17) is 0 Å². The van der Waals surface area contributed by atoms with E-state index in [0.29, 0.717) is 6.29 Å². The minimum atomic E-state index is -0.920. The third-order valence-electron chi connectivity index (χ3n) is 2.62. The van der Waals surface area contributed by atoms with E-state index in [1.54, 1.807) is 7.05 Å². The van der Waals surface area contributed by atoms with Gasteiger partial charge in [-0.25, -0.2) is 8.78 Å². The van der Waals surface area contributed by atoms with Crippen molar-refractivity contribution in [1.29, 1.82) is 0 Å². The van der Waals surface area contributed by atoms with Gasteiger partial charge in [0.1, 0.15) is 11.6 Å². The number of aromatic nitrogens is 1. The van der Waals surface area contributed by atoms with Gasteiger partial charge in [-0.3, -0.25) is 9.59 Å². The Labute approximate surface area is 102 Å². The Morgan fingerprint density at radius 2 is 1.89 bits per heavy atom. The van der Waals surface area contributed by atoms with Crippen molar-refractivity contribution in [3.63, 3.8) is 0 Å². The molecule has 0 atom stereocenters. The molecule has 0 fully saturated rings. The van der Waals surface area contributed by atoms with Gasteiger partial charge in [-0.15, -0.1) is 0 Å². The van der Waals surface area contributed by atoms with Crippen molar-refractivity contribution in [2.24, 2.45) is 7.05 Å². The first-order valence-electron chi connectivity index (χ1n) is 5.15. The first kappa shape index (κ1) is 12.2. The smallest absolute Gasteiger partial charge is 0.200 e. The van der Waals surface area contributed by atoms with Gasteiger partial charge in [0.2, 0.25) is 0 Å². The Balaban J connectivity index is 2.51. The molecule has 2 aromatic rings. The van der Waals surface area contributed by atoms with E-state index in [0.717, 1.165) is 12.1 Å². The van der Waals surface area contributed by atoms with Crippen LogP contribution in [0.4, 0.5) is 8.78 Å². The Bertz CT molecular complexity index is 612. The van der Waals surface area contributed by atoms with E-state index < -0.39 is 23.0 Å². The van der Waals surface area contributed by atoms with Crippen LogP contribution in [0.1, 0.15) is 26.4 Å². The Hall–Kier alpha value is -2.30. The molecule has 5 heteroatoms. The van der Waals surface area contributed by atoms with E-state index in [9.17, 15) is 18.4 Å². The maximum absolute atomic E-state index is 13.4. The number of hydrogen-bond acceptors (Lipinski definition) is 2. The number of carbonyl (C=O) groups is 2. The van der Waals surface area contributed by atoms with Crippen LogP contribution in [-0.4, -0.2) is 16.6 Å². The summed E-state index contributed by atoms with van der Waals surface area (Å²) >= 11 is 0. The minimum Gasteiger partial charge on any atom is -0.348 e. The first-order chi connectivity index (χ1) is 8.54. The average molecular weight is 249 g/mol. The zero-order valence-corrected chi connectivity index (χ0v) is 9.48. The summed E-state index contributed by atoms with van der Waals surface area (Å²) in [5, 5.41) is 0. The molecular weight excluding hydrogens is 240 g/mol. The molecule has 1 aromatic carbocycles. The van der Waals surface area contributed by atoms with Crippen molar-refractivity contribution in [2.45, 2.75) is 0 Å². The van der Waals surface area contributed by atoms with Gasteiger partial charge in [0.05, 0.1) is 11.3 Å². The van der Waals surface area contributed by atoms with Crippen molar-refractivity contribution < 1.29 is 18.4 Å². The van der Waals surface area contributed by atoms with Crippen molar-refractivity contribution in [3.8, 4) is 0 Å². The van der Waals surface area contributed by atoms with Gasteiger partial charge in [0.15, 0.2) is 12.1 Å². The predicted molar refractivity (Wildman–Crippen MR) is 60.6 cm³/mol. The van der Waals surface area contributed by atoms with Gasteiger partial charge in [-0.1, -0.05) is 6.07 Å². The Morgan fingerprint density at radius 1 is 1.28 bits per heavy atom. The molecule has 1 heterocycles. The fourth-order valence-electron chi connectivity index (χ4n) is 1.68. The van der Waals surface area contributed by atoms with Crippen LogP contribution in [0.5, 0.6) is 0 Å². The summed E-state index contributed by atoms with van der Waals surface area (Å²) in [5.41, 5.74) is -0.278. The topological polar surface area (TPSA) is 39.1 Å². The van der Waals surface area contributed by atoms with Crippen molar-refractivity contribution in [3.05, 3.63) is 58.9 Å². The molecule has 0 saturated carbocycles. The lowest BCUT2D eigenvalue weighted by Crippen LogP contribution is -2.06. The molecule has 0 unspecified atom stereocenters. The second-order valence-corrected chi connectivity index (χ2v) is 3.81. The van der Waals surface area contributed by atoms with Crippen LogP contribution in [0.25, 0.3) is 0 Å². The highest BCUT2D eigenvalue weighted by Crippen LogP contribution is 2.18. The van der Waals surface area contributed by atoms with Crippen LogP contribution < -0.4 is 0 Å². The third-order valence-corrected chi connectivity index (χ3v) is 2.62. The van der Waals surface area contributed by atoms with Crippen LogP contribution in [0.2, 0.25) is 0 Å². The maximum atomic E-state index is 13.4. The standard InChI is InChI=1S/C13H9F2NO2/c1-16-6-8(5-9(16)7-17)13(18)12-10(14)3-2-4-11(12)15/h2-7H,1H3. The molecule has 3 nitrogen and oxygen atoms in total. The zero-order chi connectivity index (χ0) is 13.3. The fourth-order valence-corrected chi connectivity index (χ4v) is 1.68. The van der Waals surface area contributed by atoms with Crippen molar-refractivity contribution in [2.75, 3.05) is 0 Å². The quantitative estimate of drug-likeness (QED) is 0.618. The summed E-state index contributed by atoms with van der Waals surface area (Å²) in [6, 6.07) is 4.50. The van der Waals surface area contributed by atoms with E-state index in [1.807, 2.05) is 0 Å². The zero-order valence-electron chi connectivity index (χ0n) is 9.48. The molecule has 2 rings (SSSR count). The lowest BCUT2D eigenvalue weighted by Gasteiger charge is -2.01. The highest BCUT2D eigenvalue weighted by molar-refractivity contribution is 6.09. The van der Waals surface area contributed by atoms with E-state index >= 15 is 0 Å². The van der Waals surface area contributed by atoms with Crippen LogP contribution in [-0.2, 0) is 7.05 Å². The monoisotopic (exact) mass is 249 g/mol. The summed E-state index contributed by atoms with van der Waals surface area (Å²) in [5.74, 6) is -2.62. The SMILES string of the molecule is Cn1cc(C(=O)c2c(F)cccc2F)cc1C=O. The number of benzene rings is 1. The summed E-state index contributed by atoms with van der Waals surface area (Å²) in [6.07, 6.45) is 1.92. The summed E-state index contributed by atoms with van der Waals surface area (Å²) < 4.78 is 28.3. The molecule has 0 amide bonds. The van der Waals surface area contributed by atoms with Gasteiger partial charge in [0, 0.05) is 18.8 Å². The molecule has 0 bridgehead atoms. The van der Waals surface area contributed by atoms with Gasteiger partial charge in [-0.05, 0) is 18.2 Å². The molecule has 1 aromatic heterocycles. The lowest BCUT2D eigenvalue weighted by atomic mass is 10.0. The highest BCUT2D eigenvalue weighted by atomic mass is 19.1. The van der Waals surface area contributed by atoms with Gasteiger partial charge in [-0.2, -0.15) is 0 Å². The number of halogens is 2. The van der Waals surface area contributed by atoms with Crippen LogP contribution in [0.3, 0.4) is 0 Å². The van der Waals surface area contributed by atoms with Crippen LogP contribution >= 0.6 is 0 Å². The number of rotatable bonds is 3. The normalized spacial score (nSPS) is 10.4. The predicted octanol–water partition coefficient (Wildman–Crippen LogP) is 2.35. The summed E-state index contributed by atoms with van der Waals surface area (Å²) in [4.78, 5) is 22.6. The second kappa shape index (κ2) is 4.52. The number of aryl methyl sites for hydroxylation is 1. The largest absolute Gasteiger partial charge is 0.348 e. The Kier molecular flexibility index (Phi) is 3.06. The molecule has 0 saturated heterocycles. The second-order valence-electron chi connectivity index (χ2n) is 3.81. The molecule has 92 valence electrons. The van der Waals surface area contributed by atoms with Crippen molar-refractivity contribution >= 4 is 12.1 Å². The molecular formula is C13H9F2NO2. The van der Waals surface area contributed by atoms with E-state index in [-0.39, 0.29) is 11.3 Å². The molecule has 0 spiro atoms. The van der Waals surface area contributed by atoms with E-state index in [2.05, 4.69) is 0 Å². The van der Waals surface area contributed by atoms with Crippen molar-refractivity contribution in [1.82, 2.24) is 4.57 Å². The first-order valence-corrected chi connectivity index (χ1v) is 5.15. The molecule has 18 heavy (non-hydrogen) atoms. The van der Waals surface area contributed by atoms with E-state index in [1.165, 1.54) is 22.9 Å². The number of nitrogens with zero attached hydrogens (tertiary/aromatic N) is 1. The molecule has 0 N–H and O–H groups in total. The summed E-state index contributed by atoms with van der Waals surface area (Å²) in [7, 11) is 1.57. The molecule has 0 aliphatic rings. The minimum absolute atomic E-state index is 0.0728. The maximum Gasteiger partial charge on any atom is 0.200 e. The molecule has 0 aliphatic heterocycles. The summed E-state index contributed by atoms with van der Waals surface area (Å²) in [6.45, 7) is 0. The number of ketones is 1. The lowest BCUT2D eigenvalue weighted by molar-refractivity contribution is 0.103.